The first kappa shape index (κ1) is 23.4. The number of fused-ring (bicyclic) bond motifs is 4. The zero-order valence-corrected chi connectivity index (χ0v) is 21.9. The lowest BCUT2D eigenvalue weighted by molar-refractivity contribution is 0.282. The molecular weight excluding hydrogens is 464 g/mol. The number of aromatic nitrogens is 2. The van der Waals surface area contributed by atoms with E-state index in [0.717, 1.165) is 52.8 Å². The Kier molecular flexibility index (Phi) is 6.12. The lowest BCUT2D eigenvalue weighted by Gasteiger charge is -2.42. The van der Waals surface area contributed by atoms with Gasteiger partial charge in [0.25, 0.3) is 5.56 Å². The summed E-state index contributed by atoms with van der Waals surface area (Å²) in [7, 11) is 0. The third-order valence-electron chi connectivity index (χ3n) is 8.03. The first-order valence-corrected chi connectivity index (χ1v) is 14.0. The molecule has 0 saturated heterocycles. The van der Waals surface area contributed by atoms with E-state index in [9.17, 15) is 4.79 Å². The van der Waals surface area contributed by atoms with E-state index in [2.05, 4.69) is 56.3 Å². The molecule has 5 heteroatoms. The van der Waals surface area contributed by atoms with Gasteiger partial charge < -0.3 is 4.42 Å². The molecule has 184 valence electrons. The first-order valence-electron chi connectivity index (χ1n) is 13.0. The highest BCUT2D eigenvalue weighted by Crippen LogP contribution is 2.49. The highest BCUT2D eigenvalue weighted by molar-refractivity contribution is 7.98. The Bertz CT molecular complexity index is 1460. The van der Waals surface area contributed by atoms with Gasteiger partial charge in [-0.05, 0) is 61.9 Å². The van der Waals surface area contributed by atoms with Gasteiger partial charge in [-0.25, -0.2) is 4.98 Å². The van der Waals surface area contributed by atoms with Crippen molar-refractivity contribution in [1.29, 1.82) is 0 Å². The van der Waals surface area contributed by atoms with E-state index < -0.39 is 0 Å². The van der Waals surface area contributed by atoms with Crippen molar-refractivity contribution in [2.45, 2.75) is 75.2 Å². The summed E-state index contributed by atoms with van der Waals surface area (Å²) in [5, 5.41) is 0.762. The molecule has 0 bridgehead atoms. The number of hydrogen-bond donors (Lipinski definition) is 0. The second kappa shape index (κ2) is 9.44. The molecule has 36 heavy (non-hydrogen) atoms. The van der Waals surface area contributed by atoms with Crippen LogP contribution in [0.4, 0.5) is 0 Å². The predicted octanol–water partition coefficient (Wildman–Crippen LogP) is 7.22. The fourth-order valence-electron chi connectivity index (χ4n) is 6.18. The normalized spacial score (nSPS) is 16.1. The van der Waals surface area contributed by atoms with Gasteiger partial charge in [0.05, 0.1) is 24.1 Å². The molecule has 2 aliphatic carbocycles. The smallest absolute Gasteiger partial charge is 0.258 e. The molecule has 0 radical (unpaired) electrons. The summed E-state index contributed by atoms with van der Waals surface area (Å²) >= 11 is 1.65. The SMILES string of the molecule is Cc1ccc(CSc2nc3c(c(=O)n2Cc2ccco2)C2(CCCCC2)Cc2ccccc2-3)c(C)c1. The molecule has 2 aliphatic rings. The van der Waals surface area contributed by atoms with Crippen LogP contribution in [0.25, 0.3) is 11.3 Å². The van der Waals surface area contributed by atoms with Crippen molar-refractivity contribution in [3.05, 3.63) is 105 Å². The monoisotopic (exact) mass is 496 g/mol. The van der Waals surface area contributed by atoms with Gasteiger partial charge in [0.15, 0.2) is 5.16 Å². The van der Waals surface area contributed by atoms with E-state index in [1.807, 2.05) is 16.7 Å². The molecule has 0 N–H and O–H groups in total. The van der Waals surface area contributed by atoms with Gasteiger partial charge in [-0.15, -0.1) is 0 Å². The van der Waals surface area contributed by atoms with Crippen molar-refractivity contribution in [3.63, 3.8) is 0 Å². The largest absolute Gasteiger partial charge is 0.467 e. The van der Waals surface area contributed by atoms with Crippen LogP contribution in [0.3, 0.4) is 0 Å². The Morgan fingerprint density at radius 3 is 2.64 bits per heavy atom. The van der Waals surface area contributed by atoms with Crippen LogP contribution in [0.1, 0.15) is 65.7 Å². The number of furan rings is 1. The summed E-state index contributed by atoms with van der Waals surface area (Å²) in [6.45, 7) is 4.68. The van der Waals surface area contributed by atoms with Gasteiger partial charge in [-0.3, -0.25) is 9.36 Å². The molecule has 4 nitrogen and oxygen atoms in total. The molecule has 6 rings (SSSR count). The zero-order chi connectivity index (χ0) is 24.7. The van der Waals surface area contributed by atoms with Gasteiger partial charge in [0.2, 0.25) is 0 Å². The van der Waals surface area contributed by atoms with Crippen LogP contribution in [0.15, 0.2) is 75.2 Å². The number of thioether (sulfide) groups is 1. The van der Waals surface area contributed by atoms with E-state index in [1.165, 1.54) is 41.5 Å². The molecule has 2 aromatic carbocycles. The van der Waals surface area contributed by atoms with Crippen LogP contribution < -0.4 is 5.56 Å². The number of aryl methyl sites for hydroxylation is 2. The van der Waals surface area contributed by atoms with Crippen molar-refractivity contribution in [3.8, 4) is 11.3 Å². The average molecular weight is 497 g/mol. The number of hydrogen-bond acceptors (Lipinski definition) is 4. The number of rotatable bonds is 5. The average Bonchev–Trinajstić information content (AvgIpc) is 3.39. The zero-order valence-electron chi connectivity index (χ0n) is 21.0. The summed E-state index contributed by atoms with van der Waals surface area (Å²) < 4.78 is 7.55. The number of nitrogens with zero attached hydrogens (tertiary/aromatic N) is 2. The predicted molar refractivity (Wildman–Crippen MR) is 146 cm³/mol. The fourth-order valence-corrected chi connectivity index (χ4v) is 7.25. The highest BCUT2D eigenvalue weighted by Gasteiger charge is 2.43. The lowest BCUT2D eigenvalue weighted by Crippen LogP contribution is -2.43. The quantitative estimate of drug-likeness (QED) is 0.216. The lowest BCUT2D eigenvalue weighted by atomic mass is 9.62. The van der Waals surface area contributed by atoms with Crippen LogP contribution in [0.2, 0.25) is 0 Å². The minimum atomic E-state index is -0.117. The molecule has 0 aliphatic heterocycles. The molecule has 1 fully saturated rings. The second-order valence-corrected chi connectivity index (χ2v) is 11.4. The topological polar surface area (TPSA) is 48.0 Å². The van der Waals surface area contributed by atoms with E-state index >= 15 is 0 Å². The van der Waals surface area contributed by atoms with Crippen molar-refractivity contribution in [1.82, 2.24) is 9.55 Å². The molecule has 4 aromatic rings. The Hall–Kier alpha value is -3.05. The Morgan fingerprint density at radius 1 is 1.03 bits per heavy atom. The van der Waals surface area contributed by atoms with E-state index in [0.29, 0.717) is 6.54 Å². The molecule has 0 unspecified atom stereocenters. The van der Waals surface area contributed by atoms with Crippen molar-refractivity contribution in [2.75, 3.05) is 0 Å². The summed E-state index contributed by atoms with van der Waals surface area (Å²) in [5.41, 5.74) is 8.08. The molecule has 2 heterocycles. The Balaban J connectivity index is 1.52. The van der Waals surface area contributed by atoms with E-state index in [1.54, 1.807) is 18.0 Å². The van der Waals surface area contributed by atoms with Crippen LogP contribution in [-0.2, 0) is 24.1 Å². The van der Waals surface area contributed by atoms with Crippen molar-refractivity contribution >= 4 is 11.8 Å². The number of benzene rings is 2. The Morgan fingerprint density at radius 2 is 1.86 bits per heavy atom. The summed E-state index contributed by atoms with van der Waals surface area (Å²) in [5.74, 6) is 1.54. The van der Waals surface area contributed by atoms with Crippen LogP contribution >= 0.6 is 11.8 Å². The minimum absolute atomic E-state index is 0.107. The molecule has 0 atom stereocenters. The van der Waals surface area contributed by atoms with Gasteiger partial charge in [0, 0.05) is 16.7 Å². The van der Waals surface area contributed by atoms with Gasteiger partial charge in [-0.1, -0.05) is 79.1 Å². The maximum Gasteiger partial charge on any atom is 0.258 e. The van der Waals surface area contributed by atoms with Crippen LogP contribution in [0, 0.1) is 13.8 Å². The summed E-state index contributed by atoms with van der Waals surface area (Å²) in [6, 6.07) is 19.0. The maximum atomic E-state index is 14.4. The first-order chi connectivity index (χ1) is 17.5. The van der Waals surface area contributed by atoms with E-state index in [4.69, 9.17) is 9.40 Å². The maximum absolute atomic E-state index is 14.4. The highest BCUT2D eigenvalue weighted by atomic mass is 32.2. The standard InChI is InChI=1S/C31H32N2O2S/c1-21-12-13-24(22(2)17-21)20-36-30-32-28-26-11-5-4-9-23(26)18-31(14-6-3-7-15-31)27(28)29(34)33(30)19-25-10-8-16-35-25/h4-5,8-13,16-17H,3,6-7,14-15,18-20H2,1-2H3. The molecule has 1 spiro atoms. The third-order valence-corrected chi connectivity index (χ3v) is 9.05. The van der Waals surface area contributed by atoms with Gasteiger partial charge in [0.1, 0.15) is 5.76 Å². The Labute approximate surface area is 216 Å². The molecule has 1 saturated carbocycles. The molecule has 0 amide bonds. The van der Waals surface area contributed by atoms with Crippen LogP contribution in [0.5, 0.6) is 0 Å². The third kappa shape index (κ3) is 4.13. The van der Waals surface area contributed by atoms with Crippen molar-refractivity contribution < 1.29 is 4.42 Å². The van der Waals surface area contributed by atoms with Gasteiger partial charge in [-0.2, -0.15) is 0 Å². The molecular formula is C31H32N2O2S. The fraction of sp³-hybridized carbons (Fsp3) is 0.355. The van der Waals surface area contributed by atoms with E-state index in [-0.39, 0.29) is 11.0 Å². The summed E-state index contributed by atoms with van der Waals surface area (Å²) in [4.78, 5) is 19.7. The molecule has 2 aromatic heterocycles. The summed E-state index contributed by atoms with van der Waals surface area (Å²) in [6.07, 6.45) is 8.31. The van der Waals surface area contributed by atoms with Crippen LogP contribution in [-0.4, -0.2) is 9.55 Å². The van der Waals surface area contributed by atoms with Gasteiger partial charge >= 0.3 is 0 Å². The minimum Gasteiger partial charge on any atom is -0.467 e. The second-order valence-electron chi connectivity index (χ2n) is 10.5. The van der Waals surface area contributed by atoms with Crippen molar-refractivity contribution in [2.24, 2.45) is 0 Å².